The van der Waals surface area contributed by atoms with Gasteiger partial charge in [-0.2, -0.15) is 5.10 Å². The first-order valence-corrected chi connectivity index (χ1v) is 6.29. The molecule has 5 heteroatoms. The Bertz CT molecular complexity index is 369. The van der Waals surface area contributed by atoms with Crippen molar-refractivity contribution in [1.29, 1.82) is 0 Å². The van der Waals surface area contributed by atoms with Crippen molar-refractivity contribution in [2.24, 2.45) is 0 Å². The topological polar surface area (TPSA) is 41.9 Å². The quantitative estimate of drug-likeness (QED) is 0.756. The second-order valence-electron chi connectivity index (χ2n) is 4.04. The molecule has 4 nitrogen and oxygen atoms in total. The minimum Gasteiger partial charge on any atom is -0.338 e. The number of hydrogen-bond acceptors (Lipinski definition) is 4. The van der Waals surface area contributed by atoms with Crippen LogP contribution < -0.4 is 4.90 Å². The van der Waals surface area contributed by atoms with Gasteiger partial charge in [-0.15, -0.1) is 16.7 Å². The molecule has 0 aromatic carbocycles. The van der Waals surface area contributed by atoms with Crippen molar-refractivity contribution in [2.45, 2.75) is 38.5 Å². The summed E-state index contributed by atoms with van der Waals surface area (Å²) < 4.78 is 0. The summed E-state index contributed by atoms with van der Waals surface area (Å²) in [5.74, 6) is 0.734. The molecule has 0 spiro atoms. The average Bonchev–Trinajstić information content (AvgIpc) is 2.75. The van der Waals surface area contributed by atoms with Crippen LogP contribution in [0.2, 0.25) is 0 Å². The Morgan fingerprint density at radius 2 is 2.00 bits per heavy atom. The maximum atomic E-state index is 6.07. The molecule has 1 fully saturated rings. The van der Waals surface area contributed by atoms with Crippen molar-refractivity contribution in [2.75, 3.05) is 18.0 Å². The molecule has 16 heavy (non-hydrogen) atoms. The van der Waals surface area contributed by atoms with Gasteiger partial charge >= 0.3 is 0 Å². The van der Waals surface area contributed by atoms with Gasteiger partial charge in [-0.05, 0) is 19.3 Å². The minimum absolute atomic E-state index is 0.222. The lowest BCUT2D eigenvalue weighted by Crippen LogP contribution is -2.23. The van der Waals surface area contributed by atoms with Gasteiger partial charge in [0.15, 0.2) is 0 Å². The highest BCUT2D eigenvalue weighted by Crippen LogP contribution is 2.19. The summed E-state index contributed by atoms with van der Waals surface area (Å²) in [6.07, 6.45) is 2.80. The maximum absolute atomic E-state index is 6.07. The van der Waals surface area contributed by atoms with E-state index in [1.807, 2.05) is 0 Å². The van der Waals surface area contributed by atoms with Crippen molar-refractivity contribution in [3.05, 3.63) is 11.4 Å². The molecule has 0 bridgehead atoms. The highest BCUT2D eigenvalue weighted by Gasteiger charge is 2.23. The van der Waals surface area contributed by atoms with Gasteiger partial charge in [-0.1, -0.05) is 13.8 Å². The molecule has 2 rings (SSSR count). The van der Waals surface area contributed by atoms with Gasteiger partial charge in [0.25, 0.3) is 0 Å². The van der Waals surface area contributed by atoms with Crippen LogP contribution in [-0.4, -0.2) is 33.6 Å². The van der Waals surface area contributed by atoms with E-state index >= 15 is 0 Å². The smallest absolute Gasteiger partial charge is 0.245 e. The fraction of sp³-hybridized carbons (Fsp3) is 0.727. The molecule has 0 saturated carbocycles. The molecule has 1 aliphatic heterocycles. The highest BCUT2D eigenvalue weighted by atomic mass is 35.5. The van der Waals surface area contributed by atoms with Crippen LogP contribution in [0.3, 0.4) is 0 Å². The van der Waals surface area contributed by atoms with E-state index in [9.17, 15) is 0 Å². The Morgan fingerprint density at radius 3 is 2.56 bits per heavy atom. The number of aromatic nitrogens is 3. The molecule has 0 amide bonds. The van der Waals surface area contributed by atoms with Crippen molar-refractivity contribution >= 4 is 17.5 Å². The monoisotopic (exact) mass is 240 g/mol. The third kappa shape index (κ3) is 2.26. The van der Waals surface area contributed by atoms with Gasteiger partial charge in [0, 0.05) is 13.1 Å². The van der Waals surface area contributed by atoms with Crippen molar-refractivity contribution in [1.82, 2.24) is 15.2 Å². The average molecular weight is 241 g/mol. The largest absolute Gasteiger partial charge is 0.338 e. The predicted octanol–water partition coefficient (Wildman–Crippen LogP) is 1.81. The summed E-state index contributed by atoms with van der Waals surface area (Å²) in [5.41, 5.74) is 2.07. The molecular weight excluding hydrogens is 224 g/mol. The van der Waals surface area contributed by atoms with E-state index in [0.29, 0.717) is 0 Å². The first-order valence-electron chi connectivity index (χ1n) is 5.86. The second kappa shape index (κ2) is 4.95. The molecule has 88 valence electrons. The molecule has 1 aromatic rings. The molecular formula is C11H17ClN4. The van der Waals surface area contributed by atoms with Crippen LogP contribution in [0.1, 0.15) is 31.7 Å². The molecule has 0 aliphatic carbocycles. The highest BCUT2D eigenvalue weighted by molar-refractivity contribution is 6.21. The van der Waals surface area contributed by atoms with Crippen molar-refractivity contribution < 1.29 is 0 Å². The lowest BCUT2D eigenvalue weighted by Gasteiger charge is -2.15. The summed E-state index contributed by atoms with van der Waals surface area (Å²) in [6, 6.07) is 0. The lowest BCUT2D eigenvalue weighted by molar-refractivity contribution is 0.781. The van der Waals surface area contributed by atoms with Crippen LogP contribution in [0, 0.1) is 0 Å². The molecule has 2 heterocycles. The molecule has 0 radical (unpaired) electrons. The summed E-state index contributed by atoms with van der Waals surface area (Å²) in [4.78, 5) is 6.69. The minimum atomic E-state index is 0.222. The molecule has 0 N–H and O–H groups in total. The zero-order chi connectivity index (χ0) is 11.5. The number of rotatable bonds is 3. The van der Waals surface area contributed by atoms with Crippen LogP contribution >= 0.6 is 11.6 Å². The number of aryl methyl sites for hydroxylation is 2. The standard InChI is InChI=1S/C11H17ClN4/c1-3-9-10(4-2)14-15-11(13-9)16-6-5-8(12)7-16/h8H,3-7H2,1-2H3. The van der Waals surface area contributed by atoms with E-state index in [0.717, 1.165) is 49.7 Å². The Labute approximate surface area is 101 Å². The molecule has 1 atom stereocenters. The summed E-state index contributed by atoms with van der Waals surface area (Å²) in [5, 5.41) is 8.64. The molecule has 1 aromatic heterocycles. The third-order valence-corrected chi connectivity index (χ3v) is 3.27. The fourth-order valence-electron chi connectivity index (χ4n) is 1.96. The molecule has 1 saturated heterocycles. The number of nitrogens with zero attached hydrogens (tertiary/aromatic N) is 4. The number of hydrogen-bond donors (Lipinski definition) is 0. The second-order valence-corrected chi connectivity index (χ2v) is 4.66. The first-order chi connectivity index (χ1) is 7.74. The maximum Gasteiger partial charge on any atom is 0.245 e. The van der Waals surface area contributed by atoms with Gasteiger partial charge in [0.2, 0.25) is 5.95 Å². The van der Waals surface area contributed by atoms with E-state index in [-0.39, 0.29) is 5.38 Å². The number of alkyl halides is 1. The van der Waals surface area contributed by atoms with Gasteiger partial charge in [-0.3, -0.25) is 0 Å². The number of anilines is 1. The van der Waals surface area contributed by atoms with E-state index < -0.39 is 0 Å². The lowest BCUT2D eigenvalue weighted by atomic mass is 10.2. The normalized spacial score (nSPS) is 20.4. The summed E-state index contributed by atoms with van der Waals surface area (Å²) in [7, 11) is 0. The third-order valence-electron chi connectivity index (χ3n) is 2.91. The van der Waals surface area contributed by atoms with Crippen LogP contribution in [0.15, 0.2) is 0 Å². The predicted molar refractivity (Wildman–Crippen MR) is 65.1 cm³/mol. The van der Waals surface area contributed by atoms with Crippen molar-refractivity contribution in [3.8, 4) is 0 Å². The van der Waals surface area contributed by atoms with E-state index in [4.69, 9.17) is 11.6 Å². The summed E-state index contributed by atoms with van der Waals surface area (Å²) >= 11 is 6.07. The first kappa shape index (κ1) is 11.6. The van der Waals surface area contributed by atoms with E-state index in [1.165, 1.54) is 0 Å². The van der Waals surface area contributed by atoms with E-state index in [2.05, 4.69) is 33.9 Å². The Morgan fingerprint density at radius 1 is 1.25 bits per heavy atom. The Kier molecular flexibility index (Phi) is 3.59. The molecule has 1 aliphatic rings. The van der Waals surface area contributed by atoms with E-state index in [1.54, 1.807) is 0 Å². The Hall–Kier alpha value is -0.900. The number of halogens is 1. The summed E-state index contributed by atoms with van der Waals surface area (Å²) in [6.45, 7) is 5.94. The zero-order valence-corrected chi connectivity index (χ0v) is 10.5. The van der Waals surface area contributed by atoms with Crippen LogP contribution in [0.4, 0.5) is 5.95 Å². The Balaban J connectivity index is 2.22. The van der Waals surface area contributed by atoms with Gasteiger partial charge < -0.3 is 4.90 Å². The molecule has 1 unspecified atom stereocenters. The van der Waals surface area contributed by atoms with Crippen LogP contribution in [0.25, 0.3) is 0 Å². The van der Waals surface area contributed by atoms with Gasteiger partial charge in [0.05, 0.1) is 16.8 Å². The zero-order valence-electron chi connectivity index (χ0n) is 9.78. The fourth-order valence-corrected chi connectivity index (χ4v) is 2.23. The SMILES string of the molecule is CCc1nnc(N2CCC(Cl)C2)nc1CC. The van der Waals surface area contributed by atoms with Crippen LogP contribution in [-0.2, 0) is 12.8 Å². The van der Waals surface area contributed by atoms with Crippen LogP contribution in [0.5, 0.6) is 0 Å². The van der Waals surface area contributed by atoms with Gasteiger partial charge in [-0.25, -0.2) is 4.98 Å². The van der Waals surface area contributed by atoms with Gasteiger partial charge in [0.1, 0.15) is 0 Å². The van der Waals surface area contributed by atoms with Crippen molar-refractivity contribution in [3.63, 3.8) is 0 Å².